The lowest BCUT2D eigenvalue weighted by Gasteiger charge is -2.03. The number of ether oxygens (including phenoxy) is 1. The van der Waals surface area contributed by atoms with E-state index in [4.69, 9.17) is 4.74 Å². The zero-order valence-corrected chi connectivity index (χ0v) is 17.1. The van der Waals surface area contributed by atoms with Crippen molar-refractivity contribution in [1.29, 1.82) is 0 Å². The van der Waals surface area contributed by atoms with E-state index in [1.165, 1.54) is 35.8 Å². The molecule has 6 nitrogen and oxygen atoms in total. The molecule has 9 heteroatoms. The van der Waals surface area contributed by atoms with Gasteiger partial charge in [-0.3, -0.25) is 15.1 Å². The molecule has 0 aliphatic rings. The number of amides is 1. The molecule has 1 amide bonds. The average Bonchev–Trinajstić information content (AvgIpc) is 3.35. The number of thiazole rings is 2. The van der Waals surface area contributed by atoms with Gasteiger partial charge in [-0.15, -0.1) is 22.7 Å². The number of nitrogens with zero attached hydrogens (tertiary/aromatic N) is 3. The number of rotatable bonds is 5. The van der Waals surface area contributed by atoms with Crippen molar-refractivity contribution in [3.8, 4) is 27.7 Å². The summed E-state index contributed by atoms with van der Waals surface area (Å²) in [6, 6.07) is 10.2. The second kappa shape index (κ2) is 8.06. The van der Waals surface area contributed by atoms with Crippen LogP contribution in [0, 0.1) is 12.7 Å². The molecule has 0 saturated carbocycles. The molecule has 0 aliphatic carbocycles. The second-order valence-electron chi connectivity index (χ2n) is 5.99. The molecule has 29 heavy (non-hydrogen) atoms. The van der Waals surface area contributed by atoms with Crippen LogP contribution in [-0.2, 0) is 0 Å². The van der Waals surface area contributed by atoms with Gasteiger partial charge in [-0.2, -0.15) is 0 Å². The standard InChI is InChI=1S/C20H15FN4O2S2/c1-11-17(29-19(23-11)14-5-3-4-8-22-14)18(26)25-20-24-15(10-28-20)12-6-7-16(27-2)13(21)9-12/h3-10H,1-2H3,(H,24,25,26). The summed E-state index contributed by atoms with van der Waals surface area (Å²) in [5.41, 5.74) is 2.52. The van der Waals surface area contributed by atoms with Crippen molar-refractivity contribution in [3.63, 3.8) is 0 Å². The SMILES string of the molecule is COc1ccc(-c2csc(NC(=O)c3sc(-c4ccccn4)nc3C)n2)cc1F. The molecule has 1 N–H and O–H groups in total. The summed E-state index contributed by atoms with van der Waals surface area (Å²) in [5.74, 6) is -0.586. The minimum absolute atomic E-state index is 0.168. The molecule has 0 aliphatic heterocycles. The van der Waals surface area contributed by atoms with Gasteiger partial charge in [-0.1, -0.05) is 6.07 Å². The van der Waals surface area contributed by atoms with Crippen molar-refractivity contribution < 1.29 is 13.9 Å². The second-order valence-corrected chi connectivity index (χ2v) is 7.85. The number of pyridine rings is 1. The van der Waals surface area contributed by atoms with E-state index in [9.17, 15) is 9.18 Å². The highest BCUT2D eigenvalue weighted by atomic mass is 32.1. The number of hydrogen-bond acceptors (Lipinski definition) is 7. The number of nitrogens with one attached hydrogen (secondary N) is 1. The summed E-state index contributed by atoms with van der Waals surface area (Å²) in [4.78, 5) is 26.3. The Morgan fingerprint density at radius 3 is 2.76 bits per heavy atom. The highest BCUT2D eigenvalue weighted by Crippen LogP contribution is 2.30. The lowest BCUT2D eigenvalue weighted by Crippen LogP contribution is -2.11. The Labute approximate surface area is 174 Å². The predicted octanol–water partition coefficient (Wildman–Crippen LogP) is 5.04. The molecule has 4 aromatic rings. The third kappa shape index (κ3) is 4.01. The van der Waals surface area contributed by atoms with E-state index in [0.29, 0.717) is 32.0 Å². The summed E-state index contributed by atoms with van der Waals surface area (Å²) in [6.07, 6.45) is 1.69. The first kappa shape index (κ1) is 19.2. The van der Waals surface area contributed by atoms with E-state index in [1.807, 2.05) is 18.2 Å². The van der Waals surface area contributed by atoms with E-state index in [1.54, 1.807) is 30.6 Å². The van der Waals surface area contributed by atoms with Gasteiger partial charge in [0.1, 0.15) is 9.88 Å². The Bertz CT molecular complexity index is 1170. The lowest BCUT2D eigenvalue weighted by atomic mass is 10.1. The topological polar surface area (TPSA) is 77.0 Å². The first-order chi connectivity index (χ1) is 14.0. The van der Waals surface area contributed by atoms with E-state index >= 15 is 0 Å². The predicted molar refractivity (Wildman–Crippen MR) is 112 cm³/mol. The molecule has 146 valence electrons. The molecule has 4 rings (SSSR count). The normalized spacial score (nSPS) is 10.7. The van der Waals surface area contributed by atoms with E-state index < -0.39 is 5.82 Å². The van der Waals surface area contributed by atoms with Gasteiger partial charge in [0.25, 0.3) is 5.91 Å². The molecule has 0 saturated heterocycles. The van der Waals surface area contributed by atoms with E-state index in [-0.39, 0.29) is 11.7 Å². The zero-order chi connectivity index (χ0) is 20.4. The van der Waals surface area contributed by atoms with Crippen LogP contribution in [0.25, 0.3) is 22.0 Å². The lowest BCUT2D eigenvalue weighted by molar-refractivity contribution is 0.103. The summed E-state index contributed by atoms with van der Waals surface area (Å²) >= 11 is 2.54. The van der Waals surface area contributed by atoms with E-state index in [2.05, 4.69) is 20.3 Å². The molecule has 3 aromatic heterocycles. The van der Waals surface area contributed by atoms with Gasteiger partial charge in [0, 0.05) is 17.1 Å². The minimum atomic E-state index is -0.467. The third-order valence-electron chi connectivity index (χ3n) is 4.06. The monoisotopic (exact) mass is 426 g/mol. The number of methoxy groups -OCH3 is 1. The van der Waals surface area contributed by atoms with Crippen LogP contribution in [-0.4, -0.2) is 28.0 Å². The Morgan fingerprint density at radius 1 is 1.17 bits per heavy atom. The van der Waals surface area contributed by atoms with Crippen molar-refractivity contribution in [3.05, 3.63) is 64.4 Å². The summed E-state index contributed by atoms with van der Waals surface area (Å²) in [5, 5.41) is 5.66. The van der Waals surface area contributed by atoms with Crippen LogP contribution < -0.4 is 10.1 Å². The summed E-state index contributed by atoms with van der Waals surface area (Å²) in [7, 11) is 1.41. The van der Waals surface area contributed by atoms with Gasteiger partial charge in [0.2, 0.25) is 0 Å². The Kier molecular flexibility index (Phi) is 5.32. The smallest absolute Gasteiger partial charge is 0.269 e. The van der Waals surface area contributed by atoms with Crippen LogP contribution in [0.2, 0.25) is 0 Å². The van der Waals surface area contributed by atoms with Crippen LogP contribution in [0.15, 0.2) is 48.0 Å². The summed E-state index contributed by atoms with van der Waals surface area (Å²) in [6.45, 7) is 1.78. The molecule has 3 heterocycles. The molecule has 1 aromatic carbocycles. The largest absolute Gasteiger partial charge is 0.494 e. The highest BCUT2D eigenvalue weighted by molar-refractivity contribution is 7.17. The van der Waals surface area contributed by atoms with Gasteiger partial charge in [-0.05, 0) is 37.3 Å². The number of aromatic nitrogens is 3. The van der Waals surface area contributed by atoms with Gasteiger partial charge < -0.3 is 4.74 Å². The maximum atomic E-state index is 13.9. The summed E-state index contributed by atoms with van der Waals surface area (Å²) < 4.78 is 18.9. The number of hydrogen-bond donors (Lipinski definition) is 1. The fraction of sp³-hybridized carbons (Fsp3) is 0.100. The molecular weight excluding hydrogens is 411 g/mol. The molecule has 0 bridgehead atoms. The quantitative estimate of drug-likeness (QED) is 0.484. The Hall–Kier alpha value is -3.17. The van der Waals surface area contributed by atoms with Gasteiger partial charge in [0.15, 0.2) is 16.7 Å². The third-order valence-corrected chi connectivity index (χ3v) is 6.00. The fourth-order valence-corrected chi connectivity index (χ4v) is 4.30. The maximum Gasteiger partial charge on any atom is 0.269 e. The van der Waals surface area contributed by atoms with Crippen molar-refractivity contribution in [2.24, 2.45) is 0 Å². The highest BCUT2D eigenvalue weighted by Gasteiger charge is 2.18. The number of aryl methyl sites for hydroxylation is 1. The van der Waals surface area contributed by atoms with Crippen LogP contribution in [0.1, 0.15) is 15.4 Å². The van der Waals surface area contributed by atoms with Gasteiger partial charge in [-0.25, -0.2) is 14.4 Å². The van der Waals surface area contributed by atoms with E-state index in [0.717, 1.165) is 5.69 Å². The van der Waals surface area contributed by atoms with Crippen molar-refractivity contribution in [2.75, 3.05) is 12.4 Å². The first-order valence-electron chi connectivity index (χ1n) is 8.55. The number of benzene rings is 1. The number of carbonyl (C=O) groups excluding carboxylic acids is 1. The fourth-order valence-electron chi connectivity index (χ4n) is 2.65. The number of anilines is 1. The molecule has 0 fully saturated rings. The molecule has 0 unspecified atom stereocenters. The Balaban J connectivity index is 1.53. The number of halogens is 1. The zero-order valence-electron chi connectivity index (χ0n) is 15.5. The first-order valence-corrected chi connectivity index (χ1v) is 10.2. The molecule has 0 atom stereocenters. The van der Waals surface area contributed by atoms with Crippen LogP contribution in [0.4, 0.5) is 9.52 Å². The minimum Gasteiger partial charge on any atom is -0.494 e. The van der Waals surface area contributed by atoms with Crippen LogP contribution in [0.5, 0.6) is 5.75 Å². The Morgan fingerprint density at radius 2 is 2.03 bits per heavy atom. The molecule has 0 radical (unpaired) electrons. The molecular formula is C20H15FN4O2S2. The average molecular weight is 426 g/mol. The maximum absolute atomic E-state index is 13.9. The van der Waals surface area contributed by atoms with Crippen molar-refractivity contribution in [1.82, 2.24) is 15.0 Å². The van der Waals surface area contributed by atoms with Crippen LogP contribution >= 0.6 is 22.7 Å². The van der Waals surface area contributed by atoms with Gasteiger partial charge >= 0.3 is 0 Å². The van der Waals surface area contributed by atoms with Crippen LogP contribution in [0.3, 0.4) is 0 Å². The molecule has 0 spiro atoms. The van der Waals surface area contributed by atoms with Gasteiger partial charge in [0.05, 0.1) is 24.2 Å². The van der Waals surface area contributed by atoms with Crippen molar-refractivity contribution in [2.45, 2.75) is 6.92 Å². The van der Waals surface area contributed by atoms with Crippen molar-refractivity contribution >= 4 is 33.7 Å². The number of carbonyl (C=O) groups is 1.